The molecule has 1 N–H and O–H groups in total. The van der Waals surface area contributed by atoms with Gasteiger partial charge in [-0.1, -0.05) is 60.7 Å². The summed E-state index contributed by atoms with van der Waals surface area (Å²) in [5.74, 6) is -0.573. The lowest BCUT2D eigenvalue weighted by Crippen LogP contribution is -2.40. The van der Waals surface area contributed by atoms with Crippen molar-refractivity contribution in [3.05, 3.63) is 71.8 Å². The average molecular weight is 379 g/mol. The van der Waals surface area contributed by atoms with Gasteiger partial charge < -0.3 is 10.1 Å². The minimum absolute atomic E-state index is 0.00525. The third-order valence-corrected chi connectivity index (χ3v) is 5.00. The van der Waals surface area contributed by atoms with Crippen molar-refractivity contribution in [2.24, 2.45) is 0 Å². The number of unbranched alkanes of at least 4 members (excludes halogenated alkanes) is 1. The lowest BCUT2D eigenvalue weighted by atomic mass is 9.81. The van der Waals surface area contributed by atoms with Crippen LogP contribution in [0.2, 0.25) is 0 Å². The summed E-state index contributed by atoms with van der Waals surface area (Å²) < 4.78 is 5.68. The van der Waals surface area contributed by atoms with Gasteiger partial charge in [0.1, 0.15) is 17.8 Å². The molecular formula is C23H25NO4. The van der Waals surface area contributed by atoms with Crippen molar-refractivity contribution in [2.45, 2.75) is 50.7 Å². The molecule has 0 aliphatic carbocycles. The molecule has 2 aromatic carbocycles. The highest BCUT2D eigenvalue weighted by Gasteiger charge is 2.42. The first-order chi connectivity index (χ1) is 13.6. The Kier molecular flexibility index (Phi) is 6.58. The zero-order valence-electron chi connectivity index (χ0n) is 15.9. The van der Waals surface area contributed by atoms with E-state index in [1.807, 2.05) is 60.7 Å². The maximum Gasteiger partial charge on any atom is 0.314 e. The number of rotatable bonds is 8. The number of amides is 1. The summed E-state index contributed by atoms with van der Waals surface area (Å²) >= 11 is 0. The fraction of sp³-hybridized carbons (Fsp3) is 0.348. The number of esters is 1. The number of ether oxygens (including phenoxy) is 1. The van der Waals surface area contributed by atoms with Crippen molar-refractivity contribution in [1.82, 2.24) is 5.32 Å². The fourth-order valence-electron chi connectivity index (χ4n) is 3.60. The highest BCUT2D eigenvalue weighted by molar-refractivity contribution is 5.98. The second kappa shape index (κ2) is 9.31. The molecule has 0 aromatic heterocycles. The van der Waals surface area contributed by atoms with Gasteiger partial charge in [-0.25, -0.2) is 0 Å². The molecule has 1 fully saturated rings. The summed E-state index contributed by atoms with van der Waals surface area (Å²) in [6.45, 7) is 0.514. The van der Waals surface area contributed by atoms with E-state index in [2.05, 4.69) is 5.32 Å². The Balaban J connectivity index is 1.52. The van der Waals surface area contributed by atoms with Crippen LogP contribution in [0.5, 0.6) is 0 Å². The average Bonchev–Trinajstić information content (AvgIpc) is 2.70. The lowest BCUT2D eigenvalue weighted by Gasteiger charge is -2.36. The Morgan fingerprint density at radius 2 is 1.64 bits per heavy atom. The quantitative estimate of drug-likeness (QED) is 0.432. The van der Waals surface area contributed by atoms with Crippen LogP contribution in [-0.2, 0) is 31.3 Å². The van der Waals surface area contributed by atoms with Crippen LogP contribution in [0.15, 0.2) is 60.7 Å². The molecule has 0 spiro atoms. The summed E-state index contributed by atoms with van der Waals surface area (Å²) in [6, 6.07) is 19.2. The van der Waals surface area contributed by atoms with Crippen molar-refractivity contribution >= 4 is 17.7 Å². The van der Waals surface area contributed by atoms with E-state index in [9.17, 15) is 14.4 Å². The van der Waals surface area contributed by atoms with Gasteiger partial charge in [0.2, 0.25) is 5.91 Å². The second-order valence-corrected chi connectivity index (χ2v) is 7.20. The normalized spacial score (nSPS) is 19.1. The molecule has 0 saturated carbocycles. The van der Waals surface area contributed by atoms with Crippen LogP contribution >= 0.6 is 0 Å². The van der Waals surface area contributed by atoms with Crippen molar-refractivity contribution in [3.63, 3.8) is 0 Å². The van der Waals surface area contributed by atoms with Crippen molar-refractivity contribution in [3.8, 4) is 0 Å². The van der Waals surface area contributed by atoms with Crippen LogP contribution in [0.25, 0.3) is 0 Å². The van der Waals surface area contributed by atoms with Crippen LogP contribution in [0, 0.1) is 0 Å². The van der Waals surface area contributed by atoms with Crippen molar-refractivity contribution in [1.29, 1.82) is 0 Å². The van der Waals surface area contributed by atoms with Crippen LogP contribution in [0.4, 0.5) is 0 Å². The maximum absolute atomic E-state index is 12.1. The summed E-state index contributed by atoms with van der Waals surface area (Å²) in [5, 5.41) is 2.91. The zero-order chi connectivity index (χ0) is 19.8. The first-order valence-corrected chi connectivity index (χ1v) is 9.67. The maximum atomic E-state index is 12.1. The van der Waals surface area contributed by atoms with Gasteiger partial charge in [-0.3, -0.25) is 14.4 Å². The number of hydrogen-bond donors (Lipinski definition) is 1. The highest BCUT2D eigenvalue weighted by atomic mass is 16.6. The van der Waals surface area contributed by atoms with Crippen molar-refractivity contribution < 1.29 is 19.1 Å². The van der Waals surface area contributed by atoms with Crippen LogP contribution < -0.4 is 5.32 Å². The topological polar surface area (TPSA) is 72.5 Å². The molecule has 1 heterocycles. The van der Waals surface area contributed by atoms with E-state index in [1.165, 1.54) is 0 Å². The van der Waals surface area contributed by atoms with Gasteiger partial charge in [0, 0.05) is 13.0 Å². The number of Topliss-reactive ketones (excluding diaryl/α,β-unsaturated/α-hetero) is 1. The summed E-state index contributed by atoms with van der Waals surface area (Å²) in [7, 11) is 0. The smallest absolute Gasteiger partial charge is 0.314 e. The van der Waals surface area contributed by atoms with Crippen LogP contribution in [0.3, 0.4) is 0 Å². The number of cyclic esters (lactones) is 1. The first-order valence-electron chi connectivity index (χ1n) is 9.67. The van der Waals surface area contributed by atoms with Gasteiger partial charge >= 0.3 is 5.97 Å². The minimum Gasteiger partial charge on any atom is -0.453 e. The lowest BCUT2D eigenvalue weighted by molar-refractivity contribution is -0.173. The largest absolute Gasteiger partial charge is 0.453 e. The Morgan fingerprint density at radius 3 is 2.32 bits per heavy atom. The zero-order valence-corrected chi connectivity index (χ0v) is 15.9. The van der Waals surface area contributed by atoms with E-state index >= 15 is 0 Å². The molecular weight excluding hydrogens is 354 g/mol. The molecule has 1 amide bonds. The Labute approximate surface area is 165 Å². The van der Waals surface area contributed by atoms with Gasteiger partial charge in [0.25, 0.3) is 0 Å². The molecule has 28 heavy (non-hydrogen) atoms. The second-order valence-electron chi connectivity index (χ2n) is 7.20. The monoisotopic (exact) mass is 379 g/mol. The number of carbonyl (C=O) groups excluding carboxylic acids is 3. The molecule has 1 aliphatic rings. The minimum atomic E-state index is -0.909. The van der Waals surface area contributed by atoms with E-state index in [0.717, 1.165) is 11.1 Å². The van der Waals surface area contributed by atoms with Gasteiger partial charge in [0.15, 0.2) is 0 Å². The Morgan fingerprint density at radius 1 is 0.964 bits per heavy atom. The molecule has 0 radical (unpaired) electrons. The predicted molar refractivity (Wildman–Crippen MR) is 105 cm³/mol. The predicted octanol–water partition coefficient (Wildman–Crippen LogP) is 3.66. The number of benzene rings is 2. The first kappa shape index (κ1) is 19.8. The highest BCUT2D eigenvalue weighted by Crippen LogP contribution is 2.38. The molecule has 1 atom stereocenters. The van der Waals surface area contributed by atoms with E-state index in [1.54, 1.807) is 0 Å². The molecule has 146 valence electrons. The molecule has 1 unspecified atom stereocenters. The van der Waals surface area contributed by atoms with Gasteiger partial charge in [-0.05, 0) is 30.4 Å². The van der Waals surface area contributed by atoms with Crippen molar-refractivity contribution in [2.75, 3.05) is 0 Å². The van der Waals surface area contributed by atoms with Gasteiger partial charge in [0.05, 0.1) is 6.42 Å². The van der Waals surface area contributed by atoms with Crippen LogP contribution in [-0.4, -0.2) is 17.7 Å². The molecule has 2 aromatic rings. The molecule has 5 heteroatoms. The SMILES string of the molecule is O=C1CC(=O)OC(CCCCC(=O)NCc2ccccc2)(c2ccccc2)C1. The van der Waals surface area contributed by atoms with Gasteiger partial charge in [-0.15, -0.1) is 0 Å². The summed E-state index contributed by atoms with van der Waals surface area (Å²) in [6.07, 6.45) is 2.33. The van der Waals surface area contributed by atoms with E-state index in [0.29, 0.717) is 32.2 Å². The number of nitrogens with one attached hydrogen (secondary N) is 1. The van der Waals surface area contributed by atoms with E-state index in [4.69, 9.17) is 4.74 Å². The van der Waals surface area contributed by atoms with Gasteiger partial charge in [-0.2, -0.15) is 0 Å². The summed E-state index contributed by atoms with van der Waals surface area (Å²) in [5.41, 5.74) is 0.991. The third kappa shape index (κ3) is 5.28. The number of ketones is 1. The molecule has 1 aliphatic heterocycles. The Hall–Kier alpha value is -2.95. The van der Waals surface area contributed by atoms with E-state index in [-0.39, 0.29) is 24.5 Å². The molecule has 5 nitrogen and oxygen atoms in total. The number of hydrogen-bond acceptors (Lipinski definition) is 4. The summed E-state index contributed by atoms with van der Waals surface area (Å²) in [4.78, 5) is 36.0. The van der Waals surface area contributed by atoms with E-state index < -0.39 is 11.6 Å². The molecule has 3 rings (SSSR count). The third-order valence-electron chi connectivity index (χ3n) is 5.00. The molecule has 1 saturated heterocycles. The molecule has 0 bridgehead atoms. The fourth-order valence-corrected chi connectivity index (χ4v) is 3.60. The standard InChI is InChI=1S/C23H25NO4/c25-20-15-22(27)28-23(16-20,19-11-5-2-6-12-19)14-8-7-13-21(26)24-17-18-9-3-1-4-10-18/h1-6,9-12H,7-8,13-17H2,(H,24,26). The van der Waals surface area contributed by atoms with Crippen LogP contribution in [0.1, 0.15) is 49.7 Å². The number of carbonyl (C=O) groups is 3. The Bertz CT molecular complexity index is 801.